The lowest BCUT2D eigenvalue weighted by atomic mass is 9.92. The van der Waals surface area contributed by atoms with Gasteiger partial charge in [0.2, 0.25) is 0 Å². The fourth-order valence-corrected chi connectivity index (χ4v) is 2.11. The van der Waals surface area contributed by atoms with Crippen LogP contribution in [0.4, 0.5) is 0 Å². The molecule has 13 heavy (non-hydrogen) atoms. The average molecular weight is 184 g/mol. The predicted octanol–water partition coefficient (Wildman–Crippen LogP) is -0.00890. The Morgan fingerprint density at radius 3 is 2.38 bits per heavy atom. The monoisotopic (exact) mass is 184 g/mol. The maximum Gasteiger partial charge on any atom is 0.254 e. The number of carbonyl (C=O) groups is 1. The lowest BCUT2D eigenvalue weighted by molar-refractivity contribution is -0.142. The smallest absolute Gasteiger partial charge is 0.254 e. The summed E-state index contributed by atoms with van der Waals surface area (Å²) in [5.41, 5.74) is -1.04. The van der Waals surface area contributed by atoms with E-state index in [2.05, 4.69) is 10.6 Å². The summed E-state index contributed by atoms with van der Waals surface area (Å²) in [6.45, 7) is 5.51. The number of carbonyl (C=O) groups excluding carboxylic acids is 1. The summed E-state index contributed by atoms with van der Waals surface area (Å²) in [7, 11) is 0. The highest BCUT2D eigenvalue weighted by molar-refractivity contribution is 5.87. The second-order valence-electron chi connectivity index (χ2n) is 4.31. The second-order valence-corrected chi connectivity index (χ2v) is 4.31. The van der Waals surface area contributed by atoms with Crippen molar-refractivity contribution in [2.45, 2.75) is 38.0 Å². The molecule has 1 spiro atoms. The van der Waals surface area contributed by atoms with Crippen LogP contribution in [0.2, 0.25) is 0 Å². The van der Waals surface area contributed by atoms with Crippen LogP contribution < -0.4 is 10.6 Å². The highest BCUT2D eigenvalue weighted by atomic mass is 16.6. The molecule has 0 aromatic carbocycles. The van der Waals surface area contributed by atoms with Gasteiger partial charge in [-0.3, -0.25) is 4.79 Å². The molecule has 0 radical (unpaired) electrons. The highest BCUT2D eigenvalue weighted by Crippen LogP contribution is 2.33. The Bertz CT molecular complexity index is 232. The quantitative estimate of drug-likeness (QED) is 0.557. The molecule has 2 aliphatic heterocycles. The van der Waals surface area contributed by atoms with E-state index in [1.54, 1.807) is 0 Å². The third-order valence-corrected chi connectivity index (χ3v) is 2.69. The zero-order chi connectivity index (χ0) is 9.53. The number of ether oxygens (including phenoxy) is 1. The molecule has 0 bridgehead atoms. The molecule has 74 valence electrons. The summed E-state index contributed by atoms with van der Waals surface area (Å²) in [6.07, 6.45) is 1.56. The van der Waals surface area contributed by atoms with Gasteiger partial charge in [0.15, 0.2) is 5.60 Å². The largest absolute Gasteiger partial charge is 0.340 e. The summed E-state index contributed by atoms with van der Waals surface area (Å²) < 4.78 is 5.79. The van der Waals surface area contributed by atoms with E-state index in [-0.39, 0.29) is 5.91 Å². The molecule has 2 heterocycles. The molecule has 4 heteroatoms. The molecule has 1 amide bonds. The van der Waals surface area contributed by atoms with Crippen molar-refractivity contribution in [3.05, 3.63) is 0 Å². The molecule has 2 N–H and O–H groups in total. The van der Waals surface area contributed by atoms with E-state index < -0.39 is 11.3 Å². The van der Waals surface area contributed by atoms with Crippen molar-refractivity contribution in [3.8, 4) is 0 Å². The van der Waals surface area contributed by atoms with E-state index in [0.29, 0.717) is 0 Å². The minimum atomic E-state index is -0.547. The SMILES string of the molecule is CC1(C)NC(=O)C2(CCNCC2)O1. The van der Waals surface area contributed by atoms with E-state index in [1.807, 2.05) is 13.8 Å². The molecule has 2 saturated heterocycles. The van der Waals surface area contributed by atoms with Gasteiger partial charge in [-0.2, -0.15) is 0 Å². The van der Waals surface area contributed by atoms with Gasteiger partial charge in [0.1, 0.15) is 5.72 Å². The highest BCUT2D eigenvalue weighted by Gasteiger charge is 2.51. The Labute approximate surface area is 78.0 Å². The minimum absolute atomic E-state index is 0.0546. The summed E-state index contributed by atoms with van der Waals surface area (Å²) in [4.78, 5) is 11.7. The standard InChI is InChI=1S/C9H16N2O2/c1-8(2)11-7(12)9(13-8)3-5-10-6-4-9/h10H,3-6H2,1-2H3,(H,11,12). The average Bonchev–Trinajstić information content (AvgIpc) is 2.23. The third kappa shape index (κ3) is 1.44. The maximum atomic E-state index is 11.7. The van der Waals surface area contributed by atoms with Gasteiger partial charge >= 0.3 is 0 Å². The van der Waals surface area contributed by atoms with Crippen molar-refractivity contribution >= 4 is 5.91 Å². The lowest BCUT2D eigenvalue weighted by Crippen LogP contribution is -2.47. The van der Waals surface area contributed by atoms with Crippen molar-refractivity contribution in [1.82, 2.24) is 10.6 Å². The molecular formula is C9H16N2O2. The van der Waals surface area contributed by atoms with Crippen LogP contribution in [0.3, 0.4) is 0 Å². The van der Waals surface area contributed by atoms with Gasteiger partial charge in [0.05, 0.1) is 0 Å². The van der Waals surface area contributed by atoms with Crippen LogP contribution >= 0.6 is 0 Å². The molecule has 0 unspecified atom stereocenters. The minimum Gasteiger partial charge on any atom is -0.340 e. The first-order chi connectivity index (χ1) is 6.04. The molecule has 0 aliphatic carbocycles. The Morgan fingerprint density at radius 2 is 1.92 bits per heavy atom. The molecule has 0 aromatic rings. The predicted molar refractivity (Wildman–Crippen MR) is 48.1 cm³/mol. The van der Waals surface area contributed by atoms with Crippen LogP contribution in [0.25, 0.3) is 0 Å². The summed E-state index contributed by atoms with van der Waals surface area (Å²) in [5.74, 6) is 0.0546. The van der Waals surface area contributed by atoms with Crippen molar-refractivity contribution < 1.29 is 9.53 Å². The van der Waals surface area contributed by atoms with Crippen LogP contribution in [0, 0.1) is 0 Å². The van der Waals surface area contributed by atoms with Gasteiger partial charge in [-0.25, -0.2) is 0 Å². The number of rotatable bonds is 0. The first-order valence-corrected chi connectivity index (χ1v) is 4.78. The molecule has 2 rings (SSSR count). The third-order valence-electron chi connectivity index (χ3n) is 2.69. The van der Waals surface area contributed by atoms with Crippen molar-refractivity contribution in [2.24, 2.45) is 0 Å². The molecule has 0 atom stereocenters. The first-order valence-electron chi connectivity index (χ1n) is 4.78. The van der Waals surface area contributed by atoms with E-state index >= 15 is 0 Å². The lowest BCUT2D eigenvalue weighted by Gasteiger charge is -2.31. The topological polar surface area (TPSA) is 50.4 Å². The fourth-order valence-electron chi connectivity index (χ4n) is 2.11. The first kappa shape index (κ1) is 8.97. The second kappa shape index (κ2) is 2.69. The summed E-state index contributed by atoms with van der Waals surface area (Å²) in [6, 6.07) is 0. The van der Waals surface area contributed by atoms with Gasteiger partial charge in [0.25, 0.3) is 5.91 Å². The Hall–Kier alpha value is -0.610. The Balaban J connectivity index is 2.18. The number of hydrogen-bond acceptors (Lipinski definition) is 3. The molecule has 2 fully saturated rings. The maximum absolute atomic E-state index is 11.7. The Kier molecular flexibility index (Phi) is 1.85. The van der Waals surface area contributed by atoms with Crippen molar-refractivity contribution in [1.29, 1.82) is 0 Å². The molecular weight excluding hydrogens is 168 g/mol. The van der Waals surface area contributed by atoms with Gasteiger partial charge in [-0.15, -0.1) is 0 Å². The van der Waals surface area contributed by atoms with Gasteiger partial charge in [-0.1, -0.05) is 0 Å². The number of nitrogens with one attached hydrogen (secondary N) is 2. The van der Waals surface area contributed by atoms with Crippen LogP contribution in [-0.4, -0.2) is 30.3 Å². The molecule has 4 nitrogen and oxygen atoms in total. The van der Waals surface area contributed by atoms with Crippen LogP contribution in [0.5, 0.6) is 0 Å². The van der Waals surface area contributed by atoms with Crippen molar-refractivity contribution in [2.75, 3.05) is 13.1 Å². The van der Waals surface area contributed by atoms with Crippen LogP contribution in [-0.2, 0) is 9.53 Å². The number of hydrogen-bond donors (Lipinski definition) is 2. The van der Waals surface area contributed by atoms with Crippen LogP contribution in [0.15, 0.2) is 0 Å². The summed E-state index contributed by atoms with van der Waals surface area (Å²) in [5, 5.41) is 6.09. The fraction of sp³-hybridized carbons (Fsp3) is 0.889. The van der Waals surface area contributed by atoms with Crippen molar-refractivity contribution in [3.63, 3.8) is 0 Å². The zero-order valence-electron chi connectivity index (χ0n) is 8.14. The molecule has 2 aliphatic rings. The van der Waals surface area contributed by atoms with Gasteiger partial charge in [0, 0.05) is 0 Å². The van der Waals surface area contributed by atoms with E-state index in [9.17, 15) is 4.79 Å². The van der Waals surface area contributed by atoms with Gasteiger partial charge in [-0.05, 0) is 39.8 Å². The Morgan fingerprint density at radius 1 is 1.31 bits per heavy atom. The zero-order valence-corrected chi connectivity index (χ0v) is 8.14. The van der Waals surface area contributed by atoms with E-state index in [0.717, 1.165) is 25.9 Å². The number of amides is 1. The van der Waals surface area contributed by atoms with E-state index in [1.165, 1.54) is 0 Å². The number of piperidine rings is 1. The molecule has 0 saturated carbocycles. The summed E-state index contributed by atoms with van der Waals surface area (Å²) >= 11 is 0. The van der Waals surface area contributed by atoms with E-state index in [4.69, 9.17) is 4.74 Å². The molecule has 0 aromatic heterocycles. The normalized spacial score (nSPS) is 30.5. The van der Waals surface area contributed by atoms with Gasteiger partial charge < -0.3 is 15.4 Å². The van der Waals surface area contributed by atoms with Crippen LogP contribution in [0.1, 0.15) is 26.7 Å².